The number of sulfonamides is 1. The van der Waals surface area contributed by atoms with Crippen molar-refractivity contribution in [2.45, 2.75) is 37.6 Å². The normalized spacial score (nSPS) is 16.5. The predicted octanol–water partition coefficient (Wildman–Crippen LogP) is 3.34. The highest BCUT2D eigenvalue weighted by atomic mass is 32.2. The molecule has 33 heavy (non-hydrogen) atoms. The minimum absolute atomic E-state index is 0.0737. The molecule has 2 heterocycles. The van der Waals surface area contributed by atoms with Gasteiger partial charge in [0.05, 0.1) is 4.90 Å². The number of aromatic nitrogens is 2. The molecule has 1 aliphatic rings. The molecule has 1 saturated heterocycles. The summed E-state index contributed by atoms with van der Waals surface area (Å²) in [6, 6.07) is 14.8. The van der Waals surface area contributed by atoms with Gasteiger partial charge in [0.25, 0.3) is 0 Å². The van der Waals surface area contributed by atoms with Gasteiger partial charge in [-0.05, 0) is 43.9 Å². The van der Waals surface area contributed by atoms with Crippen LogP contribution in [0.1, 0.15) is 41.4 Å². The van der Waals surface area contributed by atoms with Crippen molar-refractivity contribution in [2.75, 3.05) is 13.1 Å². The molecule has 1 N–H and O–H groups in total. The van der Waals surface area contributed by atoms with Crippen LogP contribution in [0.5, 0.6) is 0 Å². The summed E-state index contributed by atoms with van der Waals surface area (Å²) in [4.78, 5) is 18.0. The summed E-state index contributed by atoms with van der Waals surface area (Å²) in [5.41, 5.74) is 2.73. The minimum atomic E-state index is -3.58. The van der Waals surface area contributed by atoms with Gasteiger partial charge in [-0.15, -0.1) is 0 Å². The summed E-state index contributed by atoms with van der Waals surface area (Å²) in [5, 5.41) is 3.16. The van der Waals surface area contributed by atoms with Crippen molar-refractivity contribution in [3.63, 3.8) is 0 Å². The molecule has 0 spiro atoms. The quantitative estimate of drug-likeness (QED) is 0.604. The smallest absolute Gasteiger partial charge is 0.243 e. The zero-order valence-corrected chi connectivity index (χ0v) is 20.0. The highest BCUT2D eigenvalue weighted by Gasteiger charge is 2.34. The van der Waals surface area contributed by atoms with Gasteiger partial charge in [0.2, 0.25) is 15.9 Å². The molecular weight excluding hydrogens is 436 g/mol. The molecule has 8 heteroatoms. The van der Waals surface area contributed by atoms with Crippen LogP contribution >= 0.6 is 0 Å². The third kappa shape index (κ3) is 4.86. The van der Waals surface area contributed by atoms with Crippen LogP contribution in [0.4, 0.5) is 0 Å². The average Bonchev–Trinajstić information content (AvgIpc) is 3.23. The van der Waals surface area contributed by atoms with Gasteiger partial charge in [-0.2, -0.15) is 4.31 Å². The molecule has 1 fully saturated rings. The molecule has 4 rings (SSSR count). The average molecular weight is 467 g/mol. The first kappa shape index (κ1) is 23.2. The number of aryl methyl sites for hydroxylation is 3. The SMILES string of the molecule is Cc1ccc(S(=O)(=O)N2CCC(C(=O)N[C@@H](c3ccccc3)c3nccn3C)CC2)c(C)c1. The number of hydrogen-bond acceptors (Lipinski definition) is 4. The van der Waals surface area contributed by atoms with Crippen LogP contribution in [-0.2, 0) is 21.9 Å². The Labute approximate surface area is 195 Å². The number of nitrogens with zero attached hydrogens (tertiary/aromatic N) is 3. The van der Waals surface area contributed by atoms with E-state index in [0.717, 1.165) is 22.5 Å². The second-order valence-electron chi connectivity index (χ2n) is 8.70. The second kappa shape index (κ2) is 9.49. The topological polar surface area (TPSA) is 84.3 Å². The molecule has 7 nitrogen and oxygen atoms in total. The summed E-state index contributed by atoms with van der Waals surface area (Å²) >= 11 is 0. The molecule has 0 aliphatic carbocycles. The molecule has 1 aromatic heterocycles. The van der Waals surface area contributed by atoms with Gasteiger partial charge in [-0.3, -0.25) is 4.79 Å². The monoisotopic (exact) mass is 466 g/mol. The molecule has 0 saturated carbocycles. The van der Waals surface area contributed by atoms with E-state index in [0.29, 0.717) is 30.8 Å². The van der Waals surface area contributed by atoms with Gasteiger partial charge in [-0.1, -0.05) is 48.0 Å². The Bertz CT molecular complexity index is 1230. The molecule has 1 atom stereocenters. The first-order valence-electron chi connectivity index (χ1n) is 11.2. The lowest BCUT2D eigenvalue weighted by Crippen LogP contribution is -2.44. The Balaban J connectivity index is 1.46. The van der Waals surface area contributed by atoms with Crippen molar-refractivity contribution in [1.29, 1.82) is 0 Å². The number of benzene rings is 2. The second-order valence-corrected chi connectivity index (χ2v) is 10.6. The van der Waals surface area contributed by atoms with E-state index >= 15 is 0 Å². The maximum absolute atomic E-state index is 13.2. The fraction of sp³-hybridized carbons (Fsp3) is 0.360. The Morgan fingerprint density at radius 2 is 1.79 bits per heavy atom. The summed E-state index contributed by atoms with van der Waals surface area (Å²) in [6.45, 7) is 4.42. The van der Waals surface area contributed by atoms with Crippen molar-refractivity contribution in [1.82, 2.24) is 19.2 Å². The first-order valence-corrected chi connectivity index (χ1v) is 12.6. The third-order valence-corrected chi connectivity index (χ3v) is 8.37. The number of imidazole rings is 1. The Hall–Kier alpha value is -2.97. The largest absolute Gasteiger partial charge is 0.342 e. The highest BCUT2D eigenvalue weighted by molar-refractivity contribution is 7.89. The van der Waals surface area contributed by atoms with Gasteiger partial charge in [0, 0.05) is 38.4 Å². The van der Waals surface area contributed by atoms with Gasteiger partial charge in [0.15, 0.2) is 0 Å². The lowest BCUT2D eigenvalue weighted by Gasteiger charge is -2.32. The van der Waals surface area contributed by atoms with Gasteiger partial charge < -0.3 is 9.88 Å². The van der Waals surface area contributed by atoms with Crippen LogP contribution in [0.25, 0.3) is 0 Å². The fourth-order valence-electron chi connectivity index (χ4n) is 4.44. The molecule has 1 aliphatic heterocycles. The lowest BCUT2D eigenvalue weighted by atomic mass is 9.96. The number of nitrogens with one attached hydrogen (secondary N) is 1. The number of carbonyl (C=O) groups excluding carboxylic acids is 1. The lowest BCUT2D eigenvalue weighted by molar-refractivity contribution is -0.126. The van der Waals surface area contributed by atoms with Crippen molar-refractivity contribution in [3.8, 4) is 0 Å². The predicted molar refractivity (Wildman–Crippen MR) is 127 cm³/mol. The van der Waals surface area contributed by atoms with Crippen molar-refractivity contribution < 1.29 is 13.2 Å². The molecule has 2 aromatic carbocycles. The number of piperidine rings is 1. The standard InChI is InChI=1S/C25H30N4O3S/c1-18-9-10-22(19(2)17-18)33(31,32)29-14-11-21(12-15-29)25(30)27-23(20-7-5-4-6-8-20)24-26-13-16-28(24)3/h4-10,13,16-17,21,23H,11-12,14-15H2,1-3H3,(H,27,30)/t23-/m0/s1. The number of carbonyl (C=O) groups is 1. The summed E-state index contributed by atoms with van der Waals surface area (Å²) in [5.74, 6) is 0.432. The maximum atomic E-state index is 13.2. The van der Waals surface area contributed by atoms with Gasteiger partial charge >= 0.3 is 0 Å². The fourth-order valence-corrected chi connectivity index (χ4v) is 6.12. The van der Waals surface area contributed by atoms with Gasteiger partial charge in [-0.25, -0.2) is 13.4 Å². The van der Waals surface area contributed by atoms with E-state index in [2.05, 4.69) is 10.3 Å². The van der Waals surface area contributed by atoms with E-state index in [1.54, 1.807) is 12.3 Å². The Morgan fingerprint density at radius 3 is 2.39 bits per heavy atom. The molecule has 0 bridgehead atoms. The van der Waals surface area contributed by atoms with E-state index < -0.39 is 10.0 Å². The number of amides is 1. The summed E-state index contributed by atoms with van der Waals surface area (Å²) in [7, 11) is -1.67. The van der Waals surface area contributed by atoms with Crippen molar-refractivity contribution in [3.05, 3.63) is 83.4 Å². The summed E-state index contributed by atoms with van der Waals surface area (Å²) < 4.78 is 29.7. The molecular formula is C25H30N4O3S. The molecule has 1 amide bonds. The van der Waals surface area contributed by atoms with Crippen molar-refractivity contribution in [2.24, 2.45) is 13.0 Å². The third-order valence-electron chi connectivity index (χ3n) is 6.31. The van der Waals surface area contributed by atoms with Crippen LogP contribution < -0.4 is 5.32 Å². The molecule has 3 aromatic rings. The van der Waals surface area contributed by atoms with Crippen LogP contribution in [0.2, 0.25) is 0 Å². The van der Waals surface area contributed by atoms with Crippen LogP contribution in [0.3, 0.4) is 0 Å². The van der Waals surface area contributed by atoms with E-state index in [-0.39, 0.29) is 17.9 Å². The van der Waals surface area contributed by atoms with Crippen LogP contribution in [-0.4, -0.2) is 41.3 Å². The van der Waals surface area contributed by atoms with E-state index in [9.17, 15) is 13.2 Å². The first-order chi connectivity index (χ1) is 15.8. The maximum Gasteiger partial charge on any atom is 0.243 e. The van der Waals surface area contributed by atoms with E-state index in [4.69, 9.17) is 0 Å². The highest BCUT2D eigenvalue weighted by Crippen LogP contribution is 2.28. The number of rotatable bonds is 6. The van der Waals surface area contributed by atoms with Crippen molar-refractivity contribution >= 4 is 15.9 Å². The van der Waals surface area contributed by atoms with Crippen LogP contribution in [0.15, 0.2) is 65.8 Å². The van der Waals surface area contributed by atoms with E-state index in [1.807, 2.05) is 74.1 Å². The number of hydrogen-bond donors (Lipinski definition) is 1. The summed E-state index contributed by atoms with van der Waals surface area (Å²) in [6.07, 6.45) is 4.54. The molecule has 0 unspecified atom stereocenters. The van der Waals surface area contributed by atoms with Crippen LogP contribution in [0, 0.1) is 19.8 Å². The Kier molecular flexibility index (Phi) is 6.67. The zero-order valence-electron chi connectivity index (χ0n) is 19.2. The minimum Gasteiger partial charge on any atom is -0.342 e. The zero-order chi connectivity index (χ0) is 23.6. The van der Waals surface area contributed by atoms with Gasteiger partial charge in [0.1, 0.15) is 11.9 Å². The van der Waals surface area contributed by atoms with E-state index in [1.165, 1.54) is 4.31 Å². The molecule has 0 radical (unpaired) electrons. The Morgan fingerprint density at radius 1 is 1.09 bits per heavy atom. The molecule has 174 valence electrons.